The highest BCUT2D eigenvalue weighted by Crippen LogP contribution is 2.33. The second-order valence-corrected chi connectivity index (χ2v) is 4.24. The molecule has 0 aromatic heterocycles. The van der Waals surface area contributed by atoms with Crippen molar-refractivity contribution < 1.29 is 14.3 Å². The van der Waals surface area contributed by atoms with Crippen LogP contribution < -0.4 is 9.47 Å². The minimum Gasteiger partial charge on any atom is -0.493 e. The molecule has 1 saturated carbocycles. The summed E-state index contributed by atoms with van der Waals surface area (Å²) in [4.78, 5) is 11.0. The number of hydrogen-bond acceptors (Lipinski definition) is 3. The maximum absolute atomic E-state index is 11.0. The monoisotopic (exact) mass is 240 g/mol. The lowest BCUT2D eigenvalue weighted by Gasteiger charge is -2.10. The van der Waals surface area contributed by atoms with Crippen molar-refractivity contribution in [3.05, 3.63) is 23.8 Å². The fourth-order valence-electron chi connectivity index (χ4n) is 1.40. The van der Waals surface area contributed by atoms with E-state index in [0.717, 1.165) is 0 Å². The molecule has 0 radical (unpaired) electrons. The first-order valence-electron chi connectivity index (χ1n) is 5.21. The third-order valence-corrected chi connectivity index (χ3v) is 2.78. The van der Waals surface area contributed by atoms with Gasteiger partial charge in [-0.15, -0.1) is 0 Å². The maximum atomic E-state index is 11.0. The van der Waals surface area contributed by atoms with Gasteiger partial charge in [0.25, 0.3) is 5.24 Å². The van der Waals surface area contributed by atoms with E-state index in [1.54, 1.807) is 25.3 Å². The molecule has 1 aliphatic rings. The summed E-state index contributed by atoms with van der Waals surface area (Å²) in [5.74, 6) is 1.86. The summed E-state index contributed by atoms with van der Waals surface area (Å²) in [6.45, 7) is 0.677. The van der Waals surface area contributed by atoms with Crippen LogP contribution >= 0.6 is 11.6 Å². The number of ether oxygens (including phenoxy) is 2. The average Bonchev–Trinajstić information content (AvgIpc) is 3.09. The molecular weight excluding hydrogens is 228 g/mol. The van der Waals surface area contributed by atoms with Gasteiger partial charge < -0.3 is 9.47 Å². The fourth-order valence-corrected chi connectivity index (χ4v) is 1.52. The molecule has 1 fully saturated rings. The van der Waals surface area contributed by atoms with Crippen molar-refractivity contribution in [2.24, 2.45) is 5.92 Å². The first kappa shape index (κ1) is 11.3. The first-order valence-corrected chi connectivity index (χ1v) is 5.59. The van der Waals surface area contributed by atoms with Crippen LogP contribution in [0.25, 0.3) is 0 Å². The van der Waals surface area contributed by atoms with Crippen LogP contribution in [-0.2, 0) is 0 Å². The van der Waals surface area contributed by atoms with E-state index in [1.165, 1.54) is 12.8 Å². The van der Waals surface area contributed by atoms with E-state index in [9.17, 15) is 4.79 Å². The molecule has 1 aliphatic carbocycles. The molecule has 0 heterocycles. The van der Waals surface area contributed by atoms with Gasteiger partial charge in [-0.05, 0) is 48.6 Å². The van der Waals surface area contributed by atoms with Gasteiger partial charge in [0, 0.05) is 5.56 Å². The molecule has 0 aliphatic heterocycles. The van der Waals surface area contributed by atoms with Crippen molar-refractivity contribution in [2.45, 2.75) is 12.8 Å². The lowest BCUT2D eigenvalue weighted by molar-refractivity contribution is 0.108. The molecule has 0 amide bonds. The molecule has 2 rings (SSSR count). The molecule has 0 bridgehead atoms. The zero-order valence-electron chi connectivity index (χ0n) is 9.03. The number of halogens is 1. The molecule has 3 nitrogen and oxygen atoms in total. The van der Waals surface area contributed by atoms with Gasteiger partial charge in [-0.3, -0.25) is 4.79 Å². The fraction of sp³-hybridized carbons (Fsp3) is 0.417. The Kier molecular flexibility index (Phi) is 3.34. The SMILES string of the molecule is COc1ccc(C(=O)Cl)cc1OCC1CC1. The Balaban J connectivity index is 2.16. The third kappa shape index (κ3) is 2.67. The minimum atomic E-state index is -0.487. The Bertz CT molecular complexity index is 399. The first-order chi connectivity index (χ1) is 7.70. The number of carbonyl (C=O) groups excluding carboxylic acids is 1. The second kappa shape index (κ2) is 4.74. The highest BCUT2D eigenvalue weighted by molar-refractivity contribution is 6.67. The van der Waals surface area contributed by atoms with E-state index >= 15 is 0 Å². The van der Waals surface area contributed by atoms with E-state index in [2.05, 4.69) is 0 Å². The highest BCUT2D eigenvalue weighted by Gasteiger charge is 2.22. The van der Waals surface area contributed by atoms with Crippen molar-refractivity contribution in [2.75, 3.05) is 13.7 Å². The topological polar surface area (TPSA) is 35.5 Å². The molecule has 0 spiro atoms. The number of carbonyl (C=O) groups is 1. The summed E-state index contributed by atoms with van der Waals surface area (Å²) in [6, 6.07) is 4.94. The van der Waals surface area contributed by atoms with Crippen molar-refractivity contribution in [3.63, 3.8) is 0 Å². The molecule has 0 saturated heterocycles. The van der Waals surface area contributed by atoms with Crippen molar-refractivity contribution in [3.8, 4) is 11.5 Å². The standard InChI is InChI=1S/C12H13ClO3/c1-15-10-5-4-9(12(13)14)6-11(10)16-7-8-2-3-8/h4-6,8H,2-3,7H2,1H3. The van der Waals surface area contributed by atoms with Crippen molar-refractivity contribution >= 4 is 16.8 Å². The highest BCUT2D eigenvalue weighted by atomic mass is 35.5. The van der Waals surface area contributed by atoms with Crippen LogP contribution in [0.2, 0.25) is 0 Å². The van der Waals surface area contributed by atoms with E-state index in [1.807, 2.05) is 0 Å². The quantitative estimate of drug-likeness (QED) is 0.743. The lowest BCUT2D eigenvalue weighted by Crippen LogP contribution is -2.02. The average molecular weight is 241 g/mol. The number of rotatable bonds is 5. The van der Waals surface area contributed by atoms with Gasteiger partial charge in [0.05, 0.1) is 13.7 Å². The van der Waals surface area contributed by atoms with Gasteiger partial charge in [0.2, 0.25) is 0 Å². The Labute approximate surface area is 99.3 Å². The molecule has 4 heteroatoms. The van der Waals surface area contributed by atoms with Gasteiger partial charge in [0.1, 0.15) is 0 Å². The lowest BCUT2D eigenvalue weighted by atomic mass is 10.2. The molecule has 86 valence electrons. The van der Waals surface area contributed by atoms with Gasteiger partial charge >= 0.3 is 0 Å². The molecular formula is C12H13ClO3. The largest absolute Gasteiger partial charge is 0.493 e. The molecule has 1 aromatic rings. The van der Waals surface area contributed by atoms with Gasteiger partial charge in [-0.2, -0.15) is 0 Å². The predicted molar refractivity (Wildman–Crippen MR) is 61.4 cm³/mol. The predicted octanol–water partition coefficient (Wildman–Crippen LogP) is 2.86. The van der Waals surface area contributed by atoms with Crippen LogP contribution in [-0.4, -0.2) is 19.0 Å². The van der Waals surface area contributed by atoms with Crippen LogP contribution in [0.3, 0.4) is 0 Å². The zero-order valence-corrected chi connectivity index (χ0v) is 9.79. The summed E-state index contributed by atoms with van der Waals surface area (Å²) in [5, 5.41) is -0.487. The minimum absolute atomic E-state index is 0.424. The van der Waals surface area contributed by atoms with Crippen LogP contribution in [0.15, 0.2) is 18.2 Å². The summed E-state index contributed by atoms with van der Waals surface area (Å²) in [5.41, 5.74) is 0.424. The van der Waals surface area contributed by atoms with Crippen LogP contribution in [0.5, 0.6) is 11.5 Å². The summed E-state index contributed by atoms with van der Waals surface area (Å²) >= 11 is 5.41. The summed E-state index contributed by atoms with van der Waals surface area (Å²) < 4.78 is 10.8. The number of methoxy groups -OCH3 is 1. The maximum Gasteiger partial charge on any atom is 0.252 e. The second-order valence-electron chi connectivity index (χ2n) is 3.89. The van der Waals surface area contributed by atoms with Crippen LogP contribution in [0.4, 0.5) is 0 Å². The number of hydrogen-bond donors (Lipinski definition) is 0. The van der Waals surface area contributed by atoms with Crippen molar-refractivity contribution in [1.82, 2.24) is 0 Å². The van der Waals surface area contributed by atoms with Gasteiger partial charge in [0.15, 0.2) is 11.5 Å². The normalized spacial score (nSPS) is 14.6. The molecule has 16 heavy (non-hydrogen) atoms. The zero-order chi connectivity index (χ0) is 11.5. The van der Waals surface area contributed by atoms with E-state index in [-0.39, 0.29) is 0 Å². The summed E-state index contributed by atoms with van der Waals surface area (Å²) in [6.07, 6.45) is 2.44. The Morgan fingerprint density at radius 2 is 2.19 bits per heavy atom. The van der Waals surface area contributed by atoms with Crippen LogP contribution in [0.1, 0.15) is 23.2 Å². The van der Waals surface area contributed by atoms with Crippen LogP contribution in [0, 0.1) is 5.92 Å². The molecule has 0 N–H and O–H groups in total. The van der Waals surface area contributed by atoms with E-state index < -0.39 is 5.24 Å². The molecule has 1 aromatic carbocycles. The third-order valence-electron chi connectivity index (χ3n) is 2.56. The van der Waals surface area contributed by atoms with Gasteiger partial charge in [-0.25, -0.2) is 0 Å². The van der Waals surface area contributed by atoms with E-state index in [4.69, 9.17) is 21.1 Å². The summed E-state index contributed by atoms with van der Waals surface area (Å²) in [7, 11) is 1.57. The Morgan fingerprint density at radius 3 is 2.75 bits per heavy atom. The Morgan fingerprint density at radius 1 is 1.44 bits per heavy atom. The van der Waals surface area contributed by atoms with Crippen molar-refractivity contribution in [1.29, 1.82) is 0 Å². The molecule has 0 atom stereocenters. The molecule has 0 unspecified atom stereocenters. The van der Waals surface area contributed by atoms with Gasteiger partial charge in [-0.1, -0.05) is 0 Å². The Hall–Kier alpha value is -1.22. The van der Waals surface area contributed by atoms with E-state index in [0.29, 0.717) is 29.6 Å². The smallest absolute Gasteiger partial charge is 0.252 e. The number of benzene rings is 1.